The van der Waals surface area contributed by atoms with E-state index in [2.05, 4.69) is 19.8 Å². The monoisotopic (exact) mass is 355 g/mol. The highest BCUT2D eigenvalue weighted by Gasteiger charge is 2.28. The van der Waals surface area contributed by atoms with Crippen LogP contribution in [0.4, 0.5) is 11.8 Å². The first-order valence-electron chi connectivity index (χ1n) is 9.54. The lowest BCUT2D eigenvalue weighted by Gasteiger charge is -2.32. The fourth-order valence-corrected chi connectivity index (χ4v) is 3.88. The smallest absolute Gasteiger partial charge is 0.310 e. The maximum atomic E-state index is 12.1. The third-order valence-corrected chi connectivity index (χ3v) is 5.21. The first-order chi connectivity index (χ1) is 12.8. The van der Waals surface area contributed by atoms with Gasteiger partial charge in [0.1, 0.15) is 5.82 Å². The minimum Gasteiger partial charge on any atom is -0.466 e. The molecule has 2 saturated heterocycles. The van der Waals surface area contributed by atoms with Gasteiger partial charge in [-0.3, -0.25) is 4.79 Å². The van der Waals surface area contributed by atoms with E-state index < -0.39 is 0 Å². The number of aromatic nitrogens is 3. The molecule has 1 atom stereocenters. The normalized spacial score (nSPS) is 20.6. The number of piperidine rings is 1. The second-order valence-electron chi connectivity index (χ2n) is 6.97. The topological polar surface area (TPSA) is 71.5 Å². The van der Waals surface area contributed by atoms with Gasteiger partial charge in [-0.25, -0.2) is 15.0 Å². The van der Waals surface area contributed by atoms with E-state index in [9.17, 15) is 4.79 Å². The van der Waals surface area contributed by atoms with Gasteiger partial charge in [-0.2, -0.15) is 0 Å². The fourth-order valence-electron chi connectivity index (χ4n) is 3.88. The van der Waals surface area contributed by atoms with Crippen LogP contribution in [0.15, 0.2) is 18.5 Å². The molecule has 0 aromatic carbocycles. The predicted octanol–water partition coefficient (Wildman–Crippen LogP) is 2.40. The molecule has 0 N–H and O–H groups in total. The molecule has 2 aliphatic rings. The summed E-state index contributed by atoms with van der Waals surface area (Å²) in [4.78, 5) is 30.5. The van der Waals surface area contributed by atoms with Crippen LogP contribution in [0.1, 0.15) is 32.6 Å². The molecule has 26 heavy (non-hydrogen) atoms. The molecule has 2 aromatic heterocycles. The molecule has 0 saturated carbocycles. The summed E-state index contributed by atoms with van der Waals surface area (Å²) in [6.45, 7) is 5.84. The zero-order chi connectivity index (χ0) is 17.9. The Hall–Kier alpha value is -2.44. The maximum Gasteiger partial charge on any atom is 0.310 e. The molecular weight excluding hydrogens is 330 g/mol. The third kappa shape index (κ3) is 3.30. The number of carbonyl (C=O) groups is 1. The van der Waals surface area contributed by atoms with Crippen molar-refractivity contribution in [2.75, 3.05) is 42.6 Å². The summed E-state index contributed by atoms with van der Waals surface area (Å²) in [5.74, 6) is 1.47. The molecule has 0 radical (unpaired) electrons. The van der Waals surface area contributed by atoms with Gasteiger partial charge in [-0.1, -0.05) is 0 Å². The zero-order valence-electron chi connectivity index (χ0n) is 15.2. The molecule has 4 heterocycles. The predicted molar refractivity (Wildman–Crippen MR) is 100 cm³/mol. The van der Waals surface area contributed by atoms with Gasteiger partial charge < -0.3 is 14.5 Å². The van der Waals surface area contributed by atoms with Crippen LogP contribution in [0.25, 0.3) is 10.9 Å². The number of ether oxygens (including phenoxy) is 1. The van der Waals surface area contributed by atoms with Gasteiger partial charge in [0.15, 0.2) is 0 Å². The average Bonchev–Trinajstić information content (AvgIpc) is 3.22. The summed E-state index contributed by atoms with van der Waals surface area (Å²) >= 11 is 0. The molecule has 1 unspecified atom stereocenters. The summed E-state index contributed by atoms with van der Waals surface area (Å²) in [5.41, 5.74) is 0.908. The quantitative estimate of drug-likeness (QED) is 0.780. The standard InChI is InChI=1S/C19H25N5O2/c1-2-26-18(25)14-6-5-11-24(13-14)17-15-12-21-19(23-9-3-4-10-23)22-16(15)7-8-20-17/h7-8,12,14H,2-6,9-11,13H2,1H3. The van der Waals surface area contributed by atoms with E-state index in [4.69, 9.17) is 9.72 Å². The van der Waals surface area contributed by atoms with E-state index >= 15 is 0 Å². The summed E-state index contributed by atoms with van der Waals surface area (Å²) in [7, 11) is 0. The summed E-state index contributed by atoms with van der Waals surface area (Å²) < 4.78 is 5.21. The van der Waals surface area contributed by atoms with Gasteiger partial charge in [-0.05, 0) is 38.7 Å². The molecule has 0 amide bonds. The second kappa shape index (κ2) is 7.43. The number of rotatable bonds is 4. The zero-order valence-corrected chi connectivity index (χ0v) is 15.2. The van der Waals surface area contributed by atoms with Crippen molar-refractivity contribution in [3.63, 3.8) is 0 Å². The van der Waals surface area contributed by atoms with Crippen molar-refractivity contribution in [2.24, 2.45) is 5.92 Å². The van der Waals surface area contributed by atoms with Gasteiger partial charge in [0, 0.05) is 38.6 Å². The van der Waals surface area contributed by atoms with E-state index in [1.54, 1.807) is 6.20 Å². The number of hydrogen-bond acceptors (Lipinski definition) is 7. The minimum atomic E-state index is -0.106. The van der Waals surface area contributed by atoms with Gasteiger partial charge in [0.25, 0.3) is 0 Å². The van der Waals surface area contributed by atoms with Crippen molar-refractivity contribution in [3.05, 3.63) is 18.5 Å². The largest absolute Gasteiger partial charge is 0.466 e. The van der Waals surface area contributed by atoms with Crippen LogP contribution < -0.4 is 9.80 Å². The number of esters is 1. The van der Waals surface area contributed by atoms with E-state index in [0.717, 1.165) is 55.1 Å². The summed E-state index contributed by atoms with van der Waals surface area (Å²) in [6.07, 6.45) is 7.90. The van der Waals surface area contributed by atoms with Crippen LogP contribution in [0, 0.1) is 5.92 Å². The van der Waals surface area contributed by atoms with Crippen molar-refractivity contribution in [1.29, 1.82) is 0 Å². The number of anilines is 2. The van der Waals surface area contributed by atoms with Crippen molar-refractivity contribution in [3.8, 4) is 0 Å². The SMILES string of the molecule is CCOC(=O)C1CCCN(c2nccc3nc(N4CCCC4)ncc23)C1. The summed E-state index contributed by atoms with van der Waals surface area (Å²) in [6, 6.07) is 1.94. The highest BCUT2D eigenvalue weighted by molar-refractivity contribution is 5.89. The Labute approximate surface area is 153 Å². The number of fused-ring (bicyclic) bond motifs is 1. The van der Waals surface area contributed by atoms with Crippen LogP contribution >= 0.6 is 0 Å². The van der Waals surface area contributed by atoms with Crippen LogP contribution in [0.3, 0.4) is 0 Å². The summed E-state index contributed by atoms with van der Waals surface area (Å²) in [5, 5.41) is 0.944. The Kier molecular flexibility index (Phi) is 4.86. The molecule has 0 bridgehead atoms. The molecule has 0 spiro atoms. The van der Waals surface area contributed by atoms with E-state index in [1.807, 2.05) is 19.2 Å². The molecule has 0 aliphatic carbocycles. The Morgan fingerprint density at radius 2 is 2.00 bits per heavy atom. The van der Waals surface area contributed by atoms with Crippen LogP contribution in [-0.2, 0) is 9.53 Å². The lowest BCUT2D eigenvalue weighted by atomic mass is 9.98. The van der Waals surface area contributed by atoms with Crippen molar-refractivity contribution >= 4 is 28.6 Å². The average molecular weight is 355 g/mol. The first-order valence-corrected chi connectivity index (χ1v) is 9.54. The molecule has 7 heteroatoms. The molecule has 2 aliphatic heterocycles. The lowest BCUT2D eigenvalue weighted by Crippen LogP contribution is -2.40. The third-order valence-electron chi connectivity index (χ3n) is 5.21. The number of carbonyl (C=O) groups excluding carboxylic acids is 1. The Bertz CT molecular complexity index is 791. The Balaban J connectivity index is 1.60. The number of pyridine rings is 1. The second-order valence-corrected chi connectivity index (χ2v) is 6.97. The highest BCUT2D eigenvalue weighted by Crippen LogP contribution is 2.29. The van der Waals surface area contributed by atoms with Crippen molar-refractivity contribution < 1.29 is 9.53 Å². The van der Waals surface area contributed by atoms with Crippen LogP contribution in [0.2, 0.25) is 0 Å². The van der Waals surface area contributed by atoms with Gasteiger partial charge in [0.2, 0.25) is 5.95 Å². The van der Waals surface area contributed by atoms with Crippen LogP contribution in [-0.4, -0.2) is 53.7 Å². The van der Waals surface area contributed by atoms with Gasteiger partial charge in [0.05, 0.1) is 23.4 Å². The molecule has 4 rings (SSSR count). The van der Waals surface area contributed by atoms with E-state index in [-0.39, 0.29) is 11.9 Å². The molecular formula is C19H25N5O2. The highest BCUT2D eigenvalue weighted by atomic mass is 16.5. The Morgan fingerprint density at radius 1 is 1.19 bits per heavy atom. The van der Waals surface area contributed by atoms with Gasteiger partial charge >= 0.3 is 5.97 Å². The molecule has 138 valence electrons. The van der Waals surface area contributed by atoms with E-state index in [1.165, 1.54) is 12.8 Å². The van der Waals surface area contributed by atoms with Crippen molar-refractivity contribution in [1.82, 2.24) is 15.0 Å². The molecule has 7 nitrogen and oxygen atoms in total. The number of nitrogens with zero attached hydrogens (tertiary/aromatic N) is 5. The number of hydrogen-bond donors (Lipinski definition) is 0. The molecule has 2 aromatic rings. The van der Waals surface area contributed by atoms with Crippen LogP contribution in [0.5, 0.6) is 0 Å². The maximum absolute atomic E-state index is 12.1. The van der Waals surface area contributed by atoms with Gasteiger partial charge in [-0.15, -0.1) is 0 Å². The fraction of sp³-hybridized carbons (Fsp3) is 0.579. The Morgan fingerprint density at radius 3 is 2.81 bits per heavy atom. The lowest BCUT2D eigenvalue weighted by molar-refractivity contribution is -0.148. The van der Waals surface area contributed by atoms with Crippen molar-refractivity contribution in [2.45, 2.75) is 32.6 Å². The van der Waals surface area contributed by atoms with E-state index in [0.29, 0.717) is 13.2 Å². The first kappa shape index (κ1) is 17.0. The molecule has 2 fully saturated rings. The minimum absolute atomic E-state index is 0.0921.